The van der Waals surface area contributed by atoms with E-state index in [0.29, 0.717) is 31.2 Å². The maximum Gasteiger partial charge on any atom is 0.321 e. The van der Waals surface area contributed by atoms with Crippen LogP contribution in [-0.4, -0.2) is 29.8 Å². The lowest BCUT2D eigenvalue weighted by atomic mass is 9.86. The Hall–Kier alpha value is -1.43. The van der Waals surface area contributed by atoms with E-state index in [-0.39, 0.29) is 5.97 Å². The van der Waals surface area contributed by atoms with Crippen LogP contribution in [0.25, 0.3) is 0 Å². The molecule has 118 valence electrons. The Morgan fingerprint density at radius 1 is 1.38 bits per heavy atom. The van der Waals surface area contributed by atoms with Gasteiger partial charge in [-0.25, -0.2) is 0 Å². The molecule has 1 heterocycles. The molecule has 6 heteroatoms. The second kappa shape index (κ2) is 6.13. The van der Waals surface area contributed by atoms with Crippen molar-refractivity contribution >= 4 is 5.97 Å². The number of carbonyl (C=O) groups is 1. The quantitative estimate of drug-likeness (QED) is 0.751. The van der Waals surface area contributed by atoms with Crippen LogP contribution in [0, 0.1) is 0 Å². The molecule has 21 heavy (non-hydrogen) atoms. The van der Waals surface area contributed by atoms with E-state index in [2.05, 4.69) is 10.1 Å². The fraction of sp³-hybridized carbons (Fsp3) is 0.800. The molecule has 1 atom stereocenters. The van der Waals surface area contributed by atoms with E-state index < -0.39 is 11.0 Å². The van der Waals surface area contributed by atoms with Gasteiger partial charge in [-0.15, -0.1) is 0 Å². The molecule has 1 fully saturated rings. The predicted octanol–water partition coefficient (Wildman–Crippen LogP) is 2.72. The lowest BCUT2D eigenvalue weighted by Gasteiger charge is -2.23. The molecule has 0 radical (unpaired) electrons. The highest BCUT2D eigenvalue weighted by Crippen LogP contribution is 2.42. The minimum atomic E-state index is -0.774. The highest BCUT2D eigenvalue weighted by Gasteiger charge is 2.49. The predicted molar refractivity (Wildman–Crippen MR) is 75.7 cm³/mol. The molecule has 2 rings (SSSR count). The van der Waals surface area contributed by atoms with Crippen LogP contribution >= 0.6 is 0 Å². The Bertz CT molecular complexity index is 488. The summed E-state index contributed by atoms with van der Waals surface area (Å²) >= 11 is 0. The third kappa shape index (κ3) is 2.69. The van der Waals surface area contributed by atoms with E-state index in [4.69, 9.17) is 14.0 Å². The van der Waals surface area contributed by atoms with E-state index in [1.807, 2.05) is 13.8 Å². The summed E-state index contributed by atoms with van der Waals surface area (Å²) in [6.45, 7) is 6.06. The Kier molecular flexibility index (Phi) is 4.66. The van der Waals surface area contributed by atoms with Crippen molar-refractivity contribution in [2.45, 2.75) is 63.9 Å². The highest BCUT2D eigenvalue weighted by molar-refractivity contribution is 5.82. The Labute approximate surface area is 125 Å². The summed E-state index contributed by atoms with van der Waals surface area (Å²) in [5, 5.41) is 4.04. The number of esters is 1. The molecule has 0 amide bonds. The molecule has 1 aliphatic rings. The molecular weight excluding hydrogens is 272 g/mol. The Balaban J connectivity index is 2.35. The molecule has 0 bridgehead atoms. The Morgan fingerprint density at radius 3 is 2.57 bits per heavy atom. The normalized spacial score (nSPS) is 20.2. The van der Waals surface area contributed by atoms with Crippen molar-refractivity contribution in [2.24, 2.45) is 0 Å². The van der Waals surface area contributed by atoms with Crippen molar-refractivity contribution in [1.29, 1.82) is 0 Å². The molecule has 1 aliphatic carbocycles. The van der Waals surface area contributed by atoms with Crippen molar-refractivity contribution in [3.8, 4) is 0 Å². The second-order valence-electron chi connectivity index (χ2n) is 5.72. The SMILES string of the molecule is CCOC(=O)C1(c2nc(C(C)(CC)OC)no2)CCCC1. The van der Waals surface area contributed by atoms with Crippen LogP contribution in [0.2, 0.25) is 0 Å². The van der Waals surface area contributed by atoms with Crippen molar-refractivity contribution in [2.75, 3.05) is 13.7 Å². The number of ether oxygens (including phenoxy) is 2. The topological polar surface area (TPSA) is 74.5 Å². The van der Waals surface area contributed by atoms with Crippen LogP contribution in [0.15, 0.2) is 4.52 Å². The van der Waals surface area contributed by atoms with E-state index in [0.717, 1.165) is 19.3 Å². The summed E-state index contributed by atoms with van der Waals surface area (Å²) in [7, 11) is 1.62. The first kappa shape index (κ1) is 15.9. The molecule has 0 aliphatic heterocycles. The molecule has 1 saturated carbocycles. The number of rotatable bonds is 6. The fourth-order valence-electron chi connectivity index (χ4n) is 2.78. The van der Waals surface area contributed by atoms with Gasteiger partial charge in [0.2, 0.25) is 11.7 Å². The molecule has 6 nitrogen and oxygen atoms in total. The first-order valence-corrected chi connectivity index (χ1v) is 7.59. The standard InChI is InChI=1S/C15H24N2O4/c1-5-14(3,19-4)11-16-12(21-17-11)15(9-7-8-10-15)13(18)20-6-2/h5-10H2,1-4H3. The first-order chi connectivity index (χ1) is 10.0. The molecule has 1 aromatic heterocycles. The van der Waals surface area contributed by atoms with Gasteiger partial charge in [0.1, 0.15) is 11.0 Å². The molecule has 0 N–H and O–H groups in total. The maximum atomic E-state index is 12.4. The minimum absolute atomic E-state index is 0.256. The lowest BCUT2D eigenvalue weighted by Crippen LogP contribution is -2.35. The Morgan fingerprint density at radius 2 is 2.05 bits per heavy atom. The van der Waals surface area contributed by atoms with Gasteiger partial charge in [0.05, 0.1) is 6.61 Å². The molecule has 0 saturated heterocycles. The highest BCUT2D eigenvalue weighted by atomic mass is 16.5. The average Bonchev–Trinajstić information content (AvgIpc) is 3.16. The van der Waals surface area contributed by atoms with Gasteiger partial charge in [0.15, 0.2) is 0 Å². The summed E-state index contributed by atoms with van der Waals surface area (Å²) in [5.41, 5.74) is -1.38. The number of carbonyl (C=O) groups excluding carboxylic acids is 1. The van der Waals surface area contributed by atoms with Gasteiger partial charge in [-0.2, -0.15) is 4.98 Å². The maximum absolute atomic E-state index is 12.4. The van der Waals surface area contributed by atoms with Crippen LogP contribution in [0.3, 0.4) is 0 Å². The summed E-state index contributed by atoms with van der Waals surface area (Å²) in [6.07, 6.45) is 4.04. The van der Waals surface area contributed by atoms with Crippen LogP contribution in [0.1, 0.15) is 64.6 Å². The molecule has 0 aromatic carbocycles. The third-order valence-corrected chi connectivity index (χ3v) is 4.56. The molecule has 0 spiro atoms. The van der Waals surface area contributed by atoms with Crippen molar-refractivity contribution in [3.05, 3.63) is 11.7 Å². The minimum Gasteiger partial charge on any atom is -0.465 e. The summed E-state index contributed by atoms with van der Waals surface area (Å²) in [6, 6.07) is 0. The molecule has 1 unspecified atom stereocenters. The number of methoxy groups -OCH3 is 1. The summed E-state index contributed by atoms with van der Waals surface area (Å²) in [5.74, 6) is 0.594. The zero-order valence-electron chi connectivity index (χ0n) is 13.3. The van der Waals surface area contributed by atoms with Gasteiger partial charge in [-0.05, 0) is 33.1 Å². The number of aromatic nitrogens is 2. The van der Waals surface area contributed by atoms with E-state index >= 15 is 0 Å². The van der Waals surface area contributed by atoms with E-state index in [1.54, 1.807) is 14.0 Å². The average molecular weight is 296 g/mol. The monoisotopic (exact) mass is 296 g/mol. The van der Waals surface area contributed by atoms with Gasteiger partial charge in [-0.3, -0.25) is 4.79 Å². The number of nitrogens with zero attached hydrogens (tertiary/aromatic N) is 2. The van der Waals surface area contributed by atoms with Crippen LogP contribution in [0.4, 0.5) is 0 Å². The largest absolute Gasteiger partial charge is 0.465 e. The van der Waals surface area contributed by atoms with Crippen LogP contribution in [-0.2, 0) is 25.3 Å². The van der Waals surface area contributed by atoms with Gasteiger partial charge in [0, 0.05) is 7.11 Å². The van der Waals surface area contributed by atoms with Gasteiger partial charge < -0.3 is 14.0 Å². The van der Waals surface area contributed by atoms with Crippen molar-refractivity contribution in [3.63, 3.8) is 0 Å². The molecular formula is C15H24N2O4. The van der Waals surface area contributed by atoms with Crippen LogP contribution < -0.4 is 0 Å². The van der Waals surface area contributed by atoms with Gasteiger partial charge in [0.25, 0.3) is 0 Å². The van der Waals surface area contributed by atoms with E-state index in [9.17, 15) is 4.79 Å². The van der Waals surface area contributed by atoms with Crippen LogP contribution in [0.5, 0.6) is 0 Å². The van der Waals surface area contributed by atoms with Gasteiger partial charge in [-0.1, -0.05) is 24.9 Å². The zero-order valence-corrected chi connectivity index (χ0v) is 13.3. The zero-order chi connectivity index (χ0) is 15.5. The van der Waals surface area contributed by atoms with Crippen molar-refractivity contribution < 1.29 is 18.8 Å². The van der Waals surface area contributed by atoms with E-state index in [1.165, 1.54) is 0 Å². The smallest absolute Gasteiger partial charge is 0.321 e. The number of hydrogen-bond donors (Lipinski definition) is 0. The van der Waals surface area contributed by atoms with Gasteiger partial charge >= 0.3 is 5.97 Å². The summed E-state index contributed by atoms with van der Waals surface area (Å²) < 4.78 is 16.1. The molecule has 1 aromatic rings. The fourth-order valence-corrected chi connectivity index (χ4v) is 2.78. The number of hydrogen-bond acceptors (Lipinski definition) is 6. The summed E-state index contributed by atoms with van der Waals surface area (Å²) in [4.78, 5) is 16.9. The first-order valence-electron chi connectivity index (χ1n) is 7.59. The second-order valence-corrected chi connectivity index (χ2v) is 5.72. The lowest BCUT2D eigenvalue weighted by molar-refractivity contribution is -0.151. The third-order valence-electron chi connectivity index (χ3n) is 4.56. The van der Waals surface area contributed by atoms with Crippen molar-refractivity contribution in [1.82, 2.24) is 10.1 Å².